The monoisotopic (exact) mass is 222 g/mol. The summed E-state index contributed by atoms with van der Waals surface area (Å²) in [6.07, 6.45) is 3.51. The molecule has 3 heteroatoms. The zero-order valence-corrected chi connectivity index (χ0v) is 9.75. The topological polar surface area (TPSA) is 29.3 Å². The van der Waals surface area contributed by atoms with E-state index in [2.05, 4.69) is 11.8 Å². The van der Waals surface area contributed by atoms with E-state index in [0.717, 1.165) is 31.8 Å². The lowest BCUT2D eigenvalue weighted by atomic mass is 9.94. The largest absolute Gasteiger partial charge is 0.397 e. The van der Waals surface area contributed by atoms with Gasteiger partial charge in [-0.1, -0.05) is 19.4 Å². The minimum absolute atomic E-state index is 0.199. The molecule has 1 aromatic carbocycles. The molecule has 2 N–H and O–H groups in total. The number of nitrogen functional groups attached to an aromatic ring is 1. The minimum Gasteiger partial charge on any atom is -0.397 e. The molecular formula is C13H19FN2. The van der Waals surface area contributed by atoms with Crippen LogP contribution >= 0.6 is 0 Å². The molecule has 0 bridgehead atoms. The molecule has 1 heterocycles. The van der Waals surface area contributed by atoms with Gasteiger partial charge in [-0.25, -0.2) is 4.39 Å². The van der Waals surface area contributed by atoms with Crippen molar-refractivity contribution in [2.45, 2.75) is 26.2 Å². The van der Waals surface area contributed by atoms with E-state index >= 15 is 0 Å². The molecule has 0 unspecified atom stereocenters. The fraction of sp³-hybridized carbons (Fsp3) is 0.538. The maximum atomic E-state index is 13.7. The van der Waals surface area contributed by atoms with Gasteiger partial charge in [0.2, 0.25) is 0 Å². The summed E-state index contributed by atoms with van der Waals surface area (Å²) < 4.78 is 13.7. The standard InChI is InChI=1S/C13H19FN2/c1-2-10-6-8-16(9-7-10)13-11(14)4-3-5-12(13)15/h3-5,10H,2,6-9,15H2,1H3. The van der Waals surface area contributed by atoms with Crippen LogP contribution in [0.2, 0.25) is 0 Å². The summed E-state index contributed by atoms with van der Waals surface area (Å²) in [7, 11) is 0. The molecule has 88 valence electrons. The van der Waals surface area contributed by atoms with Crippen molar-refractivity contribution in [3.63, 3.8) is 0 Å². The first-order chi connectivity index (χ1) is 7.72. The Morgan fingerprint density at radius 1 is 1.38 bits per heavy atom. The van der Waals surface area contributed by atoms with Crippen LogP contribution in [0.15, 0.2) is 18.2 Å². The molecule has 0 saturated carbocycles. The lowest BCUT2D eigenvalue weighted by Crippen LogP contribution is -2.34. The number of hydrogen-bond donors (Lipinski definition) is 1. The second-order valence-electron chi connectivity index (χ2n) is 4.52. The fourth-order valence-electron chi connectivity index (χ4n) is 2.43. The minimum atomic E-state index is -0.199. The second-order valence-corrected chi connectivity index (χ2v) is 4.52. The SMILES string of the molecule is CCC1CCN(c2c(N)cccc2F)CC1. The number of rotatable bonds is 2. The molecular weight excluding hydrogens is 203 g/mol. The fourth-order valence-corrected chi connectivity index (χ4v) is 2.43. The summed E-state index contributed by atoms with van der Waals surface area (Å²) >= 11 is 0. The molecule has 0 amide bonds. The molecule has 1 aliphatic rings. The van der Waals surface area contributed by atoms with Crippen molar-refractivity contribution in [2.75, 3.05) is 23.7 Å². The van der Waals surface area contributed by atoms with E-state index in [1.807, 2.05) is 0 Å². The van der Waals surface area contributed by atoms with Crippen LogP contribution in [-0.2, 0) is 0 Å². The van der Waals surface area contributed by atoms with Crippen LogP contribution in [-0.4, -0.2) is 13.1 Å². The third kappa shape index (κ3) is 2.13. The number of benzene rings is 1. The van der Waals surface area contributed by atoms with E-state index in [0.29, 0.717) is 11.4 Å². The summed E-state index contributed by atoms with van der Waals surface area (Å²) in [5, 5.41) is 0. The van der Waals surface area contributed by atoms with Gasteiger partial charge >= 0.3 is 0 Å². The Kier molecular flexibility index (Phi) is 3.32. The zero-order valence-electron chi connectivity index (χ0n) is 9.75. The lowest BCUT2D eigenvalue weighted by molar-refractivity contribution is 0.393. The maximum absolute atomic E-state index is 13.7. The highest BCUT2D eigenvalue weighted by Gasteiger charge is 2.21. The van der Waals surface area contributed by atoms with Crippen LogP contribution in [0.5, 0.6) is 0 Å². The van der Waals surface area contributed by atoms with Crippen molar-refractivity contribution < 1.29 is 4.39 Å². The van der Waals surface area contributed by atoms with E-state index in [1.54, 1.807) is 12.1 Å². The number of halogens is 1. The lowest BCUT2D eigenvalue weighted by Gasteiger charge is -2.34. The van der Waals surface area contributed by atoms with Crippen LogP contribution in [0.3, 0.4) is 0 Å². The summed E-state index contributed by atoms with van der Waals surface area (Å²) in [5.41, 5.74) is 6.98. The first-order valence-electron chi connectivity index (χ1n) is 6.01. The third-order valence-corrected chi connectivity index (χ3v) is 3.53. The van der Waals surface area contributed by atoms with Crippen molar-refractivity contribution in [3.8, 4) is 0 Å². The van der Waals surface area contributed by atoms with E-state index < -0.39 is 0 Å². The number of nitrogens with zero attached hydrogens (tertiary/aromatic N) is 1. The Hall–Kier alpha value is -1.25. The molecule has 0 spiro atoms. The van der Waals surface area contributed by atoms with Gasteiger partial charge in [0.15, 0.2) is 0 Å². The van der Waals surface area contributed by atoms with Gasteiger partial charge in [0.25, 0.3) is 0 Å². The normalized spacial score (nSPS) is 17.8. The predicted molar refractivity (Wildman–Crippen MR) is 66.0 cm³/mol. The van der Waals surface area contributed by atoms with E-state index in [-0.39, 0.29) is 5.82 Å². The molecule has 1 aliphatic heterocycles. The quantitative estimate of drug-likeness (QED) is 0.779. The van der Waals surface area contributed by atoms with Crippen LogP contribution in [0, 0.1) is 11.7 Å². The van der Waals surface area contributed by atoms with Gasteiger partial charge in [-0.3, -0.25) is 0 Å². The van der Waals surface area contributed by atoms with Crippen LogP contribution in [0.4, 0.5) is 15.8 Å². The van der Waals surface area contributed by atoms with Gasteiger partial charge in [-0.2, -0.15) is 0 Å². The van der Waals surface area contributed by atoms with E-state index in [1.165, 1.54) is 12.5 Å². The van der Waals surface area contributed by atoms with Crippen molar-refractivity contribution in [1.29, 1.82) is 0 Å². The van der Waals surface area contributed by atoms with Gasteiger partial charge in [0.05, 0.1) is 11.4 Å². The van der Waals surface area contributed by atoms with Crippen LogP contribution in [0.25, 0.3) is 0 Å². The number of piperidine rings is 1. The Morgan fingerprint density at radius 2 is 2.06 bits per heavy atom. The Balaban J connectivity index is 2.14. The van der Waals surface area contributed by atoms with Gasteiger partial charge in [-0.15, -0.1) is 0 Å². The van der Waals surface area contributed by atoms with Crippen molar-refractivity contribution in [3.05, 3.63) is 24.0 Å². The summed E-state index contributed by atoms with van der Waals surface area (Å²) in [4.78, 5) is 2.08. The first kappa shape index (κ1) is 11.2. The average Bonchev–Trinajstić information content (AvgIpc) is 2.30. The molecule has 0 aliphatic carbocycles. The van der Waals surface area contributed by atoms with Crippen molar-refractivity contribution in [2.24, 2.45) is 5.92 Å². The molecule has 2 nitrogen and oxygen atoms in total. The summed E-state index contributed by atoms with van der Waals surface area (Å²) in [6.45, 7) is 4.06. The van der Waals surface area contributed by atoms with Gasteiger partial charge < -0.3 is 10.6 Å². The molecule has 1 aromatic rings. The number of para-hydroxylation sites is 1. The molecule has 0 aromatic heterocycles. The summed E-state index contributed by atoms with van der Waals surface area (Å²) in [6, 6.07) is 4.91. The molecule has 0 atom stereocenters. The van der Waals surface area contributed by atoms with Crippen LogP contribution in [0.1, 0.15) is 26.2 Å². The summed E-state index contributed by atoms with van der Waals surface area (Å²) in [5.74, 6) is 0.596. The molecule has 16 heavy (non-hydrogen) atoms. The van der Waals surface area contributed by atoms with E-state index in [9.17, 15) is 4.39 Å². The Bertz CT molecular complexity index is 337. The second kappa shape index (κ2) is 4.73. The molecule has 0 radical (unpaired) electrons. The highest BCUT2D eigenvalue weighted by atomic mass is 19.1. The maximum Gasteiger partial charge on any atom is 0.148 e. The predicted octanol–water partition coefficient (Wildman–Crippen LogP) is 3.03. The van der Waals surface area contributed by atoms with Crippen molar-refractivity contribution >= 4 is 11.4 Å². The molecule has 1 fully saturated rings. The third-order valence-electron chi connectivity index (χ3n) is 3.53. The molecule has 1 saturated heterocycles. The number of nitrogens with two attached hydrogens (primary N) is 1. The van der Waals surface area contributed by atoms with Crippen molar-refractivity contribution in [1.82, 2.24) is 0 Å². The van der Waals surface area contributed by atoms with Gasteiger partial charge in [0, 0.05) is 13.1 Å². The number of anilines is 2. The first-order valence-corrected chi connectivity index (χ1v) is 6.01. The average molecular weight is 222 g/mol. The van der Waals surface area contributed by atoms with E-state index in [4.69, 9.17) is 5.73 Å². The number of hydrogen-bond acceptors (Lipinski definition) is 2. The Labute approximate surface area is 96.2 Å². The highest BCUT2D eigenvalue weighted by Crippen LogP contribution is 2.31. The van der Waals surface area contributed by atoms with Gasteiger partial charge in [0.1, 0.15) is 5.82 Å². The molecule has 2 rings (SSSR count). The highest BCUT2D eigenvalue weighted by molar-refractivity contribution is 5.68. The van der Waals surface area contributed by atoms with Gasteiger partial charge in [-0.05, 0) is 30.9 Å². The smallest absolute Gasteiger partial charge is 0.148 e. The Morgan fingerprint density at radius 3 is 2.62 bits per heavy atom. The zero-order chi connectivity index (χ0) is 11.5. The van der Waals surface area contributed by atoms with Crippen LogP contribution < -0.4 is 10.6 Å².